The smallest absolute Gasteiger partial charge is 0.265 e. The first kappa shape index (κ1) is 19.7. The summed E-state index contributed by atoms with van der Waals surface area (Å²) >= 11 is 1.32. The number of benzene rings is 2. The molecule has 1 aromatic heterocycles. The Morgan fingerprint density at radius 1 is 0.929 bits per heavy atom. The lowest BCUT2D eigenvalue weighted by Crippen LogP contribution is -2.16. The second-order valence-electron chi connectivity index (χ2n) is 5.99. The van der Waals surface area contributed by atoms with E-state index in [0.29, 0.717) is 27.4 Å². The third-order valence-corrected chi connectivity index (χ3v) is 5.80. The van der Waals surface area contributed by atoms with Crippen molar-refractivity contribution < 1.29 is 18.0 Å². The SMILES string of the molecule is Cc1ccc(NC(=O)c2cccc(NC(=O)c3cccs3)c2)cc1S(N)(=O)=O. The Labute approximate surface area is 166 Å². The number of aryl methyl sites for hydroxylation is 1. The van der Waals surface area contributed by atoms with Gasteiger partial charge in [-0.2, -0.15) is 0 Å². The number of carbonyl (C=O) groups excluding carboxylic acids is 2. The van der Waals surface area contributed by atoms with Gasteiger partial charge in [0, 0.05) is 16.9 Å². The quantitative estimate of drug-likeness (QED) is 0.593. The van der Waals surface area contributed by atoms with Crippen LogP contribution >= 0.6 is 11.3 Å². The van der Waals surface area contributed by atoms with E-state index in [1.54, 1.807) is 54.8 Å². The fourth-order valence-electron chi connectivity index (χ4n) is 2.53. The molecule has 3 aromatic rings. The van der Waals surface area contributed by atoms with Crippen LogP contribution in [0.3, 0.4) is 0 Å². The molecule has 2 aromatic carbocycles. The molecule has 9 heteroatoms. The Hall–Kier alpha value is -3.01. The van der Waals surface area contributed by atoms with Crippen molar-refractivity contribution in [3.05, 3.63) is 76.0 Å². The molecule has 3 rings (SSSR count). The molecular formula is C19H17N3O4S2. The van der Waals surface area contributed by atoms with E-state index in [1.807, 2.05) is 0 Å². The molecule has 2 amide bonds. The Balaban J connectivity index is 1.77. The van der Waals surface area contributed by atoms with Crippen LogP contribution in [0.2, 0.25) is 0 Å². The fourth-order valence-corrected chi connectivity index (χ4v) is 3.95. The number of anilines is 2. The first-order valence-corrected chi connectivity index (χ1v) is 10.6. The van der Waals surface area contributed by atoms with Crippen molar-refractivity contribution >= 4 is 44.5 Å². The van der Waals surface area contributed by atoms with E-state index in [4.69, 9.17) is 5.14 Å². The van der Waals surface area contributed by atoms with E-state index in [2.05, 4.69) is 10.6 Å². The lowest BCUT2D eigenvalue weighted by Gasteiger charge is -2.10. The highest BCUT2D eigenvalue weighted by Crippen LogP contribution is 2.20. The highest BCUT2D eigenvalue weighted by atomic mass is 32.2. The molecule has 0 radical (unpaired) electrons. The van der Waals surface area contributed by atoms with Gasteiger partial charge >= 0.3 is 0 Å². The van der Waals surface area contributed by atoms with Crippen molar-refractivity contribution in [1.82, 2.24) is 0 Å². The molecule has 0 fully saturated rings. The molecule has 0 unspecified atom stereocenters. The zero-order chi connectivity index (χ0) is 20.3. The third kappa shape index (κ3) is 4.63. The third-order valence-electron chi connectivity index (χ3n) is 3.88. The molecule has 0 saturated heterocycles. The van der Waals surface area contributed by atoms with E-state index in [0.717, 1.165) is 0 Å². The molecule has 7 nitrogen and oxygen atoms in total. The summed E-state index contributed by atoms with van der Waals surface area (Å²) in [6.45, 7) is 1.62. The lowest BCUT2D eigenvalue weighted by molar-refractivity contribution is 0.101. The van der Waals surface area contributed by atoms with Crippen LogP contribution in [0.4, 0.5) is 11.4 Å². The number of nitrogens with one attached hydrogen (secondary N) is 2. The first-order chi connectivity index (χ1) is 13.2. The van der Waals surface area contributed by atoms with Gasteiger partial charge in [0.05, 0.1) is 9.77 Å². The Bertz CT molecular complexity index is 1140. The van der Waals surface area contributed by atoms with Crippen molar-refractivity contribution in [1.29, 1.82) is 0 Å². The van der Waals surface area contributed by atoms with Gasteiger partial charge in [-0.05, 0) is 54.3 Å². The van der Waals surface area contributed by atoms with Crippen LogP contribution < -0.4 is 15.8 Å². The summed E-state index contributed by atoms with van der Waals surface area (Å²) in [7, 11) is -3.90. The molecule has 4 N–H and O–H groups in total. The second-order valence-corrected chi connectivity index (χ2v) is 8.47. The van der Waals surface area contributed by atoms with Gasteiger partial charge in [0.15, 0.2) is 0 Å². The zero-order valence-electron chi connectivity index (χ0n) is 14.8. The van der Waals surface area contributed by atoms with Crippen LogP contribution in [0, 0.1) is 6.92 Å². The van der Waals surface area contributed by atoms with Crippen LogP contribution in [-0.4, -0.2) is 20.2 Å². The maximum Gasteiger partial charge on any atom is 0.265 e. The van der Waals surface area contributed by atoms with Gasteiger partial charge in [-0.15, -0.1) is 11.3 Å². The number of amides is 2. The summed E-state index contributed by atoms with van der Waals surface area (Å²) in [5.74, 6) is -0.708. The van der Waals surface area contributed by atoms with Crippen molar-refractivity contribution in [2.24, 2.45) is 5.14 Å². The van der Waals surface area contributed by atoms with E-state index >= 15 is 0 Å². The number of rotatable bonds is 5. The highest BCUT2D eigenvalue weighted by molar-refractivity contribution is 7.89. The van der Waals surface area contributed by atoms with Gasteiger partial charge in [0.2, 0.25) is 10.0 Å². The predicted octanol–water partition coefficient (Wildman–Crippen LogP) is 3.21. The van der Waals surface area contributed by atoms with E-state index < -0.39 is 15.9 Å². The number of hydrogen-bond acceptors (Lipinski definition) is 5. The minimum absolute atomic E-state index is 0.0535. The number of nitrogens with two attached hydrogens (primary N) is 1. The topological polar surface area (TPSA) is 118 Å². The van der Waals surface area contributed by atoms with Gasteiger partial charge in [-0.3, -0.25) is 9.59 Å². The molecule has 0 saturated carbocycles. The van der Waals surface area contributed by atoms with Gasteiger partial charge in [0.1, 0.15) is 0 Å². The summed E-state index contributed by atoms with van der Waals surface area (Å²) in [5, 5.41) is 12.4. The lowest BCUT2D eigenvalue weighted by atomic mass is 10.1. The van der Waals surface area contributed by atoms with Gasteiger partial charge < -0.3 is 10.6 Å². The van der Waals surface area contributed by atoms with Crippen LogP contribution in [-0.2, 0) is 10.0 Å². The molecule has 0 atom stereocenters. The summed E-state index contributed by atoms with van der Waals surface area (Å²) in [6.07, 6.45) is 0. The molecule has 1 heterocycles. The Kier molecular flexibility index (Phi) is 5.59. The normalized spacial score (nSPS) is 11.1. The number of sulfonamides is 1. The Morgan fingerprint density at radius 2 is 1.64 bits per heavy atom. The standard InChI is InChI=1S/C19H17N3O4S2/c1-12-7-8-15(11-17(12)28(20,25)26)21-18(23)13-4-2-5-14(10-13)22-19(24)16-6-3-9-27-16/h2-11H,1H3,(H,21,23)(H,22,24)(H2,20,25,26). The van der Waals surface area contributed by atoms with Crippen molar-refractivity contribution in [2.45, 2.75) is 11.8 Å². The number of hydrogen-bond donors (Lipinski definition) is 3. The van der Waals surface area contributed by atoms with Crippen LogP contribution in [0.25, 0.3) is 0 Å². The molecule has 0 aliphatic heterocycles. The molecule has 0 aliphatic carbocycles. The molecule has 28 heavy (non-hydrogen) atoms. The number of thiophene rings is 1. The highest BCUT2D eigenvalue weighted by Gasteiger charge is 2.14. The van der Waals surface area contributed by atoms with Gasteiger partial charge in [0.25, 0.3) is 11.8 Å². The largest absolute Gasteiger partial charge is 0.322 e. The minimum Gasteiger partial charge on any atom is -0.322 e. The number of primary sulfonamides is 1. The zero-order valence-corrected chi connectivity index (χ0v) is 16.4. The second kappa shape index (κ2) is 7.93. The maximum absolute atomic E-state index is 12.5. The van der Waals surface area contributed by atoms with Crippen LogP contribution in [0.1, 0.15) is 25.6 Å². The van der Waals surface area contributed by atoms with E-state index in [9.17, 15) is 18.0 Å². The summed E-state index contributed by atoms with van der Waals surface area (Å²) in [6, 6.07) is 14.4. The summed E-state index contributed by atoms with van der Waals surface area (Å²) in [5.41, 5.74) is 1.56. The monoisotopic (exact) mass is 415 g/mol. The predicted molar refractivity (Wildman–Crippen MR) is 109 cm³/mol. The van der Waals surface area contributed by atoms with Crippen LogP contribution in [0.5, 0.6) is 0 Å². The summed E-state index contributed by atoms with van der Waals surface area (Å²) < 4.78 is 23.3. The fraction of sp³-hybridized carbons (Fsp3) is 0.0526. The van der Waals surface area contributed by atoms with E-state index in [-0.39, 0.29) is 10.8 Å². The van der Waals surface area contributed by atoms with Crippen molar-refractivity contribution in [2.75, 3.05) is 10.6 Å². The Morgan fingerprint density at radius 3 is 2.32 bits per heavy atom. The summed E-state index contributed by atoms with van der Waals surface area (Å²) in [4.78, 5) is 25.2. The molecule has 0 spiro atoms. The molecule has 0 aliphatic rings. The average Bonchev–Trinajstić information content (AvgIpc) is 3.17. The average molecular weight is 415 g/mol. The molecule has 0 bridgehead atoms. The van der Waals surface area contributed by atoms with Crippen molar-refractivity contribution in [3.63, 3.8) is 0 Å². The van der Waals surface area contributed by atoms with E-state index in [1.165, 1.54) is 23.5 Å². The maximum atomic E-state index is 12.5. The first-order valence-electron chi connectivity index (χ1n) is 8.14. The molecular weight excluding hydrogens is 398 g/mol. The van der Waals surface area contributed by atoms with Gasteiger partial charge in [-0.25, -0.2) is 13.6 Å². The molecule has 144 valence electrons. The van der Waals surface area contributed by atoms with Crippen molar-refractivity contribution in [3.8, 4) is 0 Å². The minimum atomic E-state index is -3.90. The van der Waals surface area contributed by atoms with Gasteiger partial charge in [-0.1, -0.05) is 18.2 Å². The van der Waals surface area contributed by atoms with Crippen LogP contribution in [0.15, 0.2) is 64.9 Å². The number of carbonyl (C=O) groups is 2.